The van der Waals surface area contributed by atoms with Gasteiger partial charge in [0.25, 0.3) is 5.91 Å². The van der Waals surface area contributed by atoms with Crippen molar-refractivity contribution in [2.75, 3.05) is 19.0 Å². The zero-order valence-corrected chi connectivity index (χ0v) is 18.2. The molecular weight excluding hydrogens is 467 g/mol. The number of nitrogens with one attached hydrogen (secondary N) is 1. The van der Waals surface area contributed by atoms with Crippen LogP contribution in [-0.4, -0.2) is 47.6 Å². The first-order valence-electron chi connectivity index (χ1n) is 10.3. The topological polar surface area (TPSA) is 89.9 Å². The molecule has 0 unspecified atom stereocenters. The van der Waals surface area contributed by atoms with Crippen LogP contribution in [0, 0.1) is 17.6 Å². The van der Waals surface area contributed by atoms with Gasteiger partial charge in [0.15, 0.2) is 17.2 Å². The summed E-state index contributed by atoms with van der Waals surface area (Å²) >= 11 is 0. The van der Waals surface area contributed by atoms with E-state index >= 15 is 0 Å². The number of anilines is 1. The van der Waals surface area contributed by atoms with E-state index in [1.54, 1.807) is 0 Å². The maximum Gasteiger partial charge on any atom is 0.417 e. The molecule has 1 fully saturated rings. The van der Waals surface area contributed by atoms with E-state index in [1.807, 2.05) is 0 Å². The summed E-state index contributed by atoms with van der Waals surface area (Å²) in [6, 6.07) is 3.20. The highest BCUT2D eigenvalue weighted by Crippen LogP contribution is 2.55. The maximum atomic E-state index is 14.4. The Hall–Kier alpha value is -2.99. The average Bonchev–Trinajstić information content (AvgIpc) is 3.27. The van der Waals surface area contributed by atoms with Crippen LogP contribution < -0.4 is 14.8 Å². The maximum absolute atomic E-state index is 14.4. The lowest BCUT2D eigenvalue weighted by Crippen LogP contribution is -2.47. The molecule has 1 saturated heterocycles. The number of methoxy groups -OCH3 is 1. The van der Waals surface area contributed by atoms with Gasteiger partial charge in [-0.05, 0) is 13.0 Å². The van der Waals surface area contributed by atoms with Gasteiger partial charge in [0, 0.05) is 23.5 Å². The van der Waals surface area contributed by atoms with Crippen molar-refractivity contribution in [2.45, 2.75) is 43.8 Å². The van der Waals surface area contributed by atoms with Gasteiger partial charge in [-0.15, -0.1) is 0 Å². The zero-order chi connectivity index (χ0) is 25.0. The number of rotatable bonds is 4. The molecule has 2 aliphatic heterocycles. The largest absolute Gasteiger partial charge is 0.493 e. The number of alkyl halides is 3. The van der Waals surface area contributed by atoms with E-state index in [9.17, 15) is 31.9 Å². The number of pyridine rings is 1. The van der Waals surface area contributed by atoms with Gasteiger partial charge < -0.3 is 24.6 Å². The number of ether oxygens (including phenoxy) is 3. The van der Waals surface area contributed by atoms with Crippen LogP contribution in [0.5, 0.6) is 11.5 Å². The molecule has 1 aromatic carbocycles. The quantitative estimate of drug-likeness (QED) is 0.636. The van der Waals surface area contributed by atoms with E-state index in [4.69, 9.17) is 14.2 Å². The van der Waals surface area contributed by atoms with Crippen LogP contribution in [0.2, 0.25) is 0 Å². The first-order chi connectivity index (χ1) is 15.9. The molecular formula is C22H21F5N2O5. The van der Waals surface area contributed by atoms with Crippen LogP contribution in [0.25, 0.3) is 0 Å². The van der Waals surface area contributed by atoms with E-state index < -0.39 is 59.1 Å². The molecule has 184 valence electrons. The van der Waals surface area contributed by atoms with E-state index in [0.717, 1.165) is 26.2 Å². The fourth-order valence-corrected chi connectivity index (χ4v) is 4.39. The number of benzene rings is 1. The Morgan fingerprint density at radius 2 is 2.03 bits per heavy atom. The number of halogens is 5. The summed E-state index contributed by atoms with van der Waals surface area (Å²) < 4.78 is 85.6. The van der Waals surface area contributed by atoms with Crippen molar-refractivity contribution in [3.8, 4) is 11.5 Å². The van der Waals surface area contributed by atoms with Crippen LogP contribution in [0.15, 0.2) is 24.4 Å². The Balaban J connectivity index is 1.73. The van der Waals surface area contributed by atoms with Crippen molar-refractivity contribution < 1.29 is 46.1 Å². The van der Waals surface area contributed by atoms with E-state index in [-0.39, 0.29) is 29.3 Å². The number of carbonyl (C=O) groups excluding carboxylic acids is 1. The Kier molecular flexibility index (Phi) is 5.93. The summed E-state index contributed by atoms with van der Waals surface area (Å²) in [6.45, 7) is 2.00. The molecule has 1 aromatic heterocycles. The number of aliphatic hydroxyl groups is 1. The Labute approximate surface area is 190 Å². The minimum atomic E-state index is -4.87. The molecule has 0 bridgehead atoms. The van der Waals surface area contributed by atoms with Gasteiger partial charge in [-0.25, -0.2) is 4.39 Å². The molecule has 34 heavy (non-hydrogen) atoms. The van der Waals surface area contributed by atoms with Gasteiger partial charge in [-0.2, -0.15) is 17.6 Å². The third-order valence-corrected chi connectivity index (χ3v) is 6.43. The number of nitrogens with zero attached hydrogens (tertiary/aromatic N) is 1. The van der Waals surface area contributed by atoms with Crippen molar-refractivity contribution in [2.24, 2.45) is 5.92 Å². The average molecular weight is 488 g/mol. The lowest BCUT2D eigenvalue weighted by atomic mass is 9.77. The first kappa shape index (κ1) is 24.1. The molecule has 7 nitrogen and oxygen atoms in total. The number of amides is 1. The second-order valence-corrected chi connectivity index (χ2v) is 8.36. The molecule has 0 radical (unpaired) electrons. The van der Waals surface area contributed by atoms with Gasteiger partial charge in [-0.3, -0.25) is 9.78 Å². The monoisotopic (exact) mass is 488 g/mol. The van der Waals surface area contributed by atoms with Gasteiger partial charge in [0.05, 0.1) is 19.0 Å². The molecule has 3 heterocycles. The molecule has 0 saturated carbocycles. The molecule has 2 N–H and O–H groups in total. The van der Waals surface area contributed by atoms with Gasteiger partial charge in [0.2, 0.25) is 5.82 Å². The Bertz CT molecular complexity index is 1130. The van der Waals surface area contributed by atoms with Crippen molar-refractivity contribution >= 4 is 11.6 Å². The van der Waals surface area contributed by atoms with Crippen LogP contribution in [0.4, 0.5) is 27.6 Å². The molecule has 5 atom stereocenters. The van der Waals surface area contributed by atoms with Crippen molar-refractivity contribution in [1.29, 1.82) is 0 Å². The Morgan fingerprint density at radius 3 is 2.68 bits per heavy atom. The number of fused-ring (bicyclic) bond motifs is 1. The molecule has 12 heteroatoms. The van der Waals surface area contributed by atoms with Crippen molar-refractivity contribution in [1.82, 2.24) is 4.98 Å². The second kappa shape index (κ2) is 8.35. The predicted octanol–water partition coefficient (Wildman–Crippen LogP) is 3.87. The van der Waals surface area contributed by atoms with Crippen LogP contribution in [0.1, 0.15) is 37.1 Å². The van der Waals surface area contributed by atoms with E-state index in [0.29, 0.717) is 0 Å². The highest BCUT2D eigenvalue weighted by molar-refractivity contribution is 5.95. The van der Waals surface area contributed by atoms with Gasteiger partial charge in [0.1, 0.15) is 30.3 Å². The van der Waals surface area contributed by atoms with Crippen molar-refractivity contribution in [3.63, 3.8) is 0 Å². The third kappa shape index (κ3) is 3.74. The third-order valence-electron chi connectivity index (χ3n) is 6.43. The highest BCUT2D eigenvalue weighted by Gasteiger charge is 2.65. The van der Waals surface area contributed by atoms with Gasteiger partial charge >= 0.3 is 6.18 Å². The summed E-state index contributed by atoms with van der Waals surface area (Å²) in [5.74, 6) is -6.70. The number of carbonyl (C=O) groups is 1. The molecule has 1 amide bonds. The second-order valence-electron chi connectivity index (χ2n) is 8.36. The molecule has 4 rings (SSSR count). The van der Waals surface area contributed by atoms with Crippen LogP contribution in [-0.2, 0) is 9.53 Å². The number of hydrogen-bond acceptors (Lipinski definition) is 6. The molecule has 2 aliphatic rings. The normalized spacial score (nSPS) is 28.4. The molecule has 2 aromatic rings. The predicted molar refractivity (Wildman–Crippen MR) is 107 cm³/mol. The van der Waals surface area contributed by atoms with Crippen molar-refractivity contribution in [3.05, 3.63) is 47.3 Å². The smallest absolute Gasteiger partial charge is 0.417 e. The van der Waals surface area contributed by atoms with E-state index in [1.165, 1.54) is 19.2 Å². The minimum Gasteiger partial charge on any atom is -0.493 e. The highest BCUT2D eigenvalue weighted by atomic mass is 19.4. The minimum absolute atomic E-state index is 0.0229. The lowest BCUT2D eigenvalue weighted by molar-refractivity contribution is -0.272. The van der Waals surface area contributed by atoms with E-state index in [2.05, 4.69) is 10.3 Å². The first-order valence-corrected chi connectivity index (χ1v) is 10.3. The summed E-state index contributed by atoms with van der Waals surface area (Å²) in [7, 11) is 1.05. The van der Waals surface area contributed by atoms with Crippen LogP contribution >= 0.6 is 0 Å². The lowest BCUT2D eigenvalue weighted by Gasteiger charge is -2.32. The summed E-state index contributed by atoms with van der Waals surface area (Å²) in [6.07, 6.45) is -6.33. The standard InChI is InChI=1S/C22H21F5N2O5/c1-9-15(11-4-5-12(23)16(24)18(11)32-3)19(34-21(9,2)22(25,26)27)20(31)29-10-6-14-17(28-7-10)13(30)8-33-14/h4-7,9,13,15,19,30H,8H2,1-3H3,(H,29,31)/t9-,13-,15-,19+,21+/m0/s1. The van der Waals surface area contributed by atoms with Crippen LogP contribution in [0.3, 0.4) is 0 Å². The summed E-state index contributed by atoms with van der Waals surface area (Å²) in [5, 5.41) is 12.2. The number of hydrogen-bond donors (Lipinski definition) is 2. The zero-order valence-electron chi connectivity index (χ0n) is 18.2. The molecule has 0 aliphatic carbocycles. The Morgan fingerprint density at radius 1 is 1.32 bits per heavy atom. The SMILES string of the molecule is COc1c([C@H]2[C@H](C(=O)Nc3cnc4c(c3)OC[C@@H]4O)O[C@@](C)(C(F)(F)F)[C@H]2C)ccc(F)c1F. The number of aromatic nitrogens is 1. The number of aliphatic hydroxyl groups excluding tert-OH is 1. The summed E-state index contributed by atoms with van der Waals surface area (Å²) in [4.78, 5) is 17.2. The van der Waals surface area contributed by atoms with Gasteiger partial charge in [-0.1, -0.05) is 13.0 Å². The fraction of sp³-hybridized carbons (Fsp3) is 0.455. The summed E-state index contributed by atoms with van der Waals surface area (Å²) in [5.41, 5.74) is -2.55. The fourth-order valence-electron chi connectivity index (χ4n) is 4.39. The molecule has 0 spiro atoms.